The molecule has 0 unspecified atom stereocenters. The van der Waals surface area contributed by atoms with Gasteiger partial charge >= 0.3 is 17.9 Å². The Morgan fingerprint density at radius 1 is 0.527 bits per heavy atom. The minimum absolute atomic E-state index is 0. The molecule has 4 atom stereocenters. The highest BCUT2D eigenvalue weighted by molar-refractivity contribution is 14.0. The Balaban J connectivity index is 0.000000508. The van der Waals surface area contributed by atoms with Crippen molar-refractivity contribution in [3.05, 3.63) is 152 Å². The number of aromatic nitrogens is 2. The van der Waals surface area contributed by atoms with Crippen LogP contribution in [-0.4, -0.2) is 96.5 Å². The van der Waals surface area contributed by atoms with E-state index < -0.39 is 76.1 Å². The summed E-state index contributed by atoms with van der Waals surface area (Å²) in [6.07, 6.45) is 19.1. The molecule has 6 rings (SSSR count). The molecule has 2 aromatic heterocycles. The van der Waals surface area contributed by atoms with E-state index in [1.807, 2.05) is 54.7 Å². The number of carbonyl (C=O) groups is 8. The Hall–Kier alpha value is -8.79. The van der Waals surface area contributed by atoms with Gasteiger partial charge < -0.3 is 57.7 Å². The first-order valence-electron chi connectivity index (χ1n) is 30.0. The number of non-ortho nitro benzene ring substituents is 2. The quantitative estimate of drug-likeness (QED) is 0.00575. The van der Waals surface area contributed by atoms with Gasteiger partial charge in [0.25, 0.3) is 11.4 Å². The van der Waals surface area contributed by atoms with Crippen LogP contribution in [-0.2, 0) is 73.9 Å². The molecule has 6 aromatic rings. The first-order valence-corrected chi connectivity index (χ1v) is 30.0. The number of halogens is 1. The van der Waals surface area contributed by atoms with Crippen LogP contribution in [0.15, 0.2) is 109 Å². The van der Waals surface area contributed by atoms with Crippen LogP contribution in [0.2, 0.25) is 0 Å². The van der Waals surface area contributed by atoms with E-state index in [1.165, 1.54) is 93.5 Å². The van der Waals surface area contributed by atoms with E-state index in [1.54, 1.807) is 6.20 Å². The van der Waals surface area contributed by atoms with Gasteiger partial charge in [0.15, 0.2) is 0 Å². The van der Waals surface area contributed by atoms with Crippen LogP contribution in [0, 0.1) is 20.2 Å². The molecule has 4 aromatic carbocycles. The van der Waals surface area contributed by atoms with E-state index >= 15 is 0 Å². The van der Waals surface area contributed by atoms with Crippen molar-refractivity contribution in [2.45, 2.75) is 187 Å². The first kappa shape index (κ1) is 78.3. The number of H-pyrrole nitrogens is 2. The number of esters is 2. The lowest BCUT2D eigenvalue weighted by atomic mass is 10.0. The number of nitrogens with zero attached hydrogens (tertiary/aromatic N) is 2. The predicted molar refractivity (Wildman–Crippen MR) is 356 cm³/mol. The molecule has 5 amide bonds. The number of nitro groups is 2. The number of carbonyl (C=O) groups excluding carboxylic acids is 7. The van der Waals surface area contributed by atoms with Gasteiger partial charge in [0, 0.05) is 84.1 Å². The molecular weight excluding hydrogens is 1290 g/mol. The van der Waals surface area contributed by atoms with Crippen molar-refractivity contribution in [2.75, 3.05) is 0 Å². The highest BCUT2D eigenvalue weighted by Crippen LogP contribution is 2.22. The Labute approximate surface area is 546 Å². The summed E-state index contributed by atoms with van der Waals surface area (Å²) < 4.78 is 10.1. The number of nitro benzene ring substituents is 2. The van der Waals surface area contributed by atoms with E-state index in [2.05, 4.69) is 39.8 Å². The number of ether oxygens (including phenoxy) is 2. The topological polar surface area (TPSA) is 407 Å². The van der Waals surface area contributed by atoms with Crippen LogP contribution in [0.4, 0.5) is 11.4 Å². The van der Waals surface area contributed by atoms with Gasteiger partial charge in [-0.15, -0.1) is 24.0 Å². The number of hydrogen-bond donors (Lipinski definition) is 9. The number of nitrogens with one attached hydrogen (secondary N) is 5. The van der Waals surface area contributed by atoms with Crippen molar-refractivity contribution in [3.8, 4) is 0 Å². The molecule has 2 heterocycles. The van der Waals surface area contributed by atoms with E-state index in [0.717, 1.165) is 71.5 Å². The van der Waals surface area contributed by atoms with Crippen molar-refractivity contribution in [3.63, 3.8) is 0 Å². The molecule has 0 saturated heterocycles. The summed E-state index contributed by atoms with van der Waals surface area (Å²) in [6.45, 7) is 4.03. The van der Waals surface area contributed by atoms with Gasteiger partial charge in [0.1, 0.15) is 37.4 Å². The predicted octanol–water partition coefficient (Wildman–Crippen LogP) is 9.86. The number of unbranched alkanes of at least 4 members (excludes halogenated alkanes) is 12. The molecule has 0 aliphatic rings. The fourth-order valence-corrected chi connectivity index (χ4v) is 9.38. The third-order valence-corrected chi connectivity index (χ3v) is 14.3. The third-order valence-electron chi connectivity index (χ3n) is 14.3. The Morgan fingerprint density at radius 2 is 0.912 bits per heavy atom. The fourth-order valence-electron chi connectivity index (χ4n) is 9.38. The lowest BCUT2D eigenvalue weighted by molar-refractivity contribution is -0.385. The summed E-state index contributed by atoms with van der Waals surface area (Å²) in [5.74, 6) is -5.31. The van der Waals surface area contributed by atoms with Crippen LogP contribution in [0.25, 0.3) is 21.8 Å². The Bertz CT molecular complexity index is 3260. The van der Waals surface area contributed by atoms with Gasteiger partial charge in [-0.3, -0.25) is 49.0 Å². The second-order valence-corrected chi connectivity index (χ2v) is 21.5. The van der Waals surface area contributed by atoms with Gasteiger partial charge in [0.2, 0.25) is 29.5 Å². The number of nitrogens with two attached hydrogens (primary N) is 3. The number of aliphatic carboxylic acids is 1. The molecule has 496 valence electrons. The number of benzene rings is 4. The van der Waals surface area contributed by atoms with E-state index in [0.29, 0.717) is 24.0 Å². The lowest BCUT2D eigenvalue weighted by Crippen LogP contribution is -2.53. The number of rotatable bonds is 37. The summed E-state index contributed by atoms with van der Waals surface area (Å²) in [6, 6.07) is 21.8. The Morgan fingerprint density at radius 3 is 1.32 bits per heavy atom. The van der Waals surface area contributed by atoms with Crippen molar-refractivity contribution in [2.24, 2.45) is 17.2 Å². The highest BCUT2D eigenvalue weighted by Gasteiger charge is 2.30. The highest BCUT2D eigenvalue weighted by atomic mass is 127. The second kappa shape index (κ2) is 43.0. The minimum Gasteiger partial charge on any atom is -0.480 e. The molecule has 26 heteroatoms. The summed E-state index contributed by atoms with van der Waals surface area (Å²) in [5.41, 5.74) is 20.1. The molecule has 0 spiro atoms. The summed E-state index contributed by atoms with van der Waals surface area (Å²) in [7, 11) is 0. The molecule has 0 radical (unpaired) electrons. The minimum atomic E-state index is -1.40. The molecule has 25 nitrogen and oxygen atoms in total. The molecule has 12 N–H and O–H groups in total. The lowest BCUT2D eigenvalue weighted by Gasteiger charge is -2.22. The zero-order chi connectivity index (χ0) is 65.1. The van der Waals surface area contributed by atoms with Crippen LogP contribution >= 0.6 is 24.0 Å². The van der Waals surface area contributed by atoms with Crippen LogP contribution in [0.3, 0.4) is 0 Å². The second-order valence-electron chi connectivity index (χ2n) is 21.5. The van der Waals surface area contributed by atoms with E-state index in [9.17, 15) is 63.7 Å². The van der Waals surface area contributed by atoms with Gasteiger partial charge in [-0.1, -0.05) is 135 Å². The molecular formula is C65H89IN10O15. The average molecular weight is 1380 g/mol. The third kappa shape index (κ3) is 29.6. The maximum atomic E-state index is 13.5. The number of hydrogen-bond acceptors (Lipinski definition) is 15. The van der Waals surface area contributed by atoms with E-state index in [-0.39, 0.29) is 93.5 Å². The number of primary amides is 2. The molecule has 0 fully saturated rings. The standard InChI is InChI=1S/C32H41N5O7.C21H30N2O3.C11H13N3O5.CH4.HI/c1-2-3-4-5-6-7-8-13-30(39)35-27(18-23-20-34-26-12-10-9-11-25(23)26)31(40)36-28(19-29(33)38)32(41)44-21-22-14-16-24(17-15-22)37(42)43;1-2-3-4-5-6-7-8-13-20(24)23-19(21(25)26)14-16-15-22-18-12-10-9-11-17(16)18;12-9(5-10(13)15)11(16)19-6-7-1-3-8(4-2-7)14(17)18;;/h9-12,14-17,20,27-28,34H,2-8,13,18-19,21H2,1H3,(H2,33,38)(H,35,39)(H,36,40);9-12,15,19,22H,2-8,13-14H2,1H3,(H,23,24)(H,25,26);1-4,9H,5-6,12H2,(H2,13,15);1H4;1H/t27-,28+;19-;9-;;/m001../s1. The fraction of sp³-hybridized carbons (Fsp3) is 0.446. The summed E-state index contributed by atoms with van der Waals surface area (Å²) in [4.78, 5) is 123. The van der Waals surface area contributed by atoms with Gasteiger partial charge in [-0.25, -0.2) is 9.59 Å². The number of amides is 5. The average Bonchev–Trinajstić information content (AvgIpc) is 2.22. The smallest absolute Gasteiger partial charge is 0.329 e. The number of fused-ring (bicyclic) bond motifs is 2. The number of carboxylic acids is 1. The summed E-state index contributed by atoms with van der Waals surface area (Å²) in [5, 5.41) is 40.7. The van der Waals surface area contributed by atoms with Gasteiger partial charge in [-0.2, -0.15) is 0 Å². The molecule has 0 aliphatic heterocycles. The molecule has 0 aliphatic carbocycles. The number of para-hydroxylation sites is 2. The molecule has 0 bridgehead atoms. The van der Waals surface area contributed by atoms with Crippen molar-refractivity contribution in [1.82, 2.24) is 25.9 Å². The molecule has 0 saturated carbocycles. The summed E-state index contributed by atoms with van der Waals surface area (Å²) >= 11 is 0. The van der Waals surface area contributed by atoms with Crippen LogP contribution in [0.5, 0.6) is 0 Å². The maximum Gasteiger partial charge on any atom is 0.329 e. The monoisotopic (exact) mass is 1380 g/mol. The normalized spacial score (nSPS) is 11.9. The number of aromatic amines is 2. The molecule has 91 heavy (non-hydrogen) atoms. The van der Waals surface area contributed by atoms with Crippen molar-refractivity contribution >= 4 is 105 Å². The van der Waals surface area contributed by atoms with Crippen molar-refractivity contribution < 1.29 is 62.8 Å². The van der Waals surface area contributed by atoms with Gasteiger partial charge in [-0.05, 0) is 71.5 Å². The van der Waals surface area contributed by atoms with E-state index in [4.69, 9.17) is 26.7 Å². The Kier molecular flexibility index (Phi) is 37.0. The largest absolute Gasteiger partial charge is 0.480 e. The first-order chi connectivity index (χ1) is 42.7. The van der Waals surface area contributed by atoms with Gasteiger partial charge in [0.05, 0.1) is 22.7 Å². The zero-order valence-corrected chi connectivity index (χ0v) is 53.3. The van der Waals surface area contributed by atoms with Crippen molar-refractivity contribution in [1.29, 1.82) is 0 Å². The maximum absolute atomic E-state index is 13.5. The van der Waals surface area contributed by atoms with Crippen LogP contribution in [0.1, 0.15) is 159 Å². The van der Waals surface area contributed by atoms with Crippen LogP contribution < -0.4 is 33.2 Å². The number of carboxylic acid groups (broad SMARTS) is 1. The zero-order valence-electron chi connectivity index (χ0n) is 51.0. The SMILES string of the molecule is C.CCCCCCCCCC(=O)N[C@@H](Cc1c[nH]c2ccccc12)C(=O)N[C@H](CC(N)=O)C(=O)OCc1ccc([N+](=O)[O-])cc1.CCCCCCCCCC(=O)N[C@@H](Cc1c[nH]c2ccccc12)C(=O)O.I.NC(=O)C[C@@H](N)C(=O)OCc1ccc([N+](=O)[O-])cc1.